The van der Waals surface area contributed by atoms with Crippen LogP contribution >= 0.6 is 23.2 Å². The van der Waals surface area contributed by atoms with E-state index in [2.05, 4.69) is 11.9 Å². The topological polar surface area (TPSA) is 87.6 Å². The second kappa shape index (κ2) is 9.54. The highest BCUT2D eigenvalue weighted by Crippen LogP contribution is 2.34. The molecule has 1 aliphatic rings. The quantitative estimate of drug-likeness (QED) is 0.650. The maximum Gasteiger partial charge on any atom is 0.272 e. The van der Waals surface area contributed by atoms with Gasteiger partial charge >= 0.3 is 0 Å². The van der Waals surface area contributed by atoms with Crippen LogP contribution in [0.2, 0.25) is 10.0 Å². The van der Waals surface area contributed by atoms with Crippen LogP contribution in [0.1, 0.15) is 55.2 Å². The first-order chi connectivity index (χ1) is 14.2. The fourth-order valence-corrected chi connectivity index (χ4v) is 5.85. The molecule has 0 bridgehead atoms. The van der Waals surface area contributed by atoms with Crippen molar-refractivity contribution in [2.24, 2.45) is 0 Å². The molecule has 3 rings (SSSR count). The van der Waals surface area contributed by atoms with E-state index in [1.807, 2.05) is 4.90 Å². The molecule has 1 aliphatic heterocycles. The molecule has 9 heteroatoms. The molecule has 1 amide bonds. The number of halogens is 2. The van der Waals surface area contributed by atoms with Crippen LogP contribution in [-0.4, -0.2) is 41.9 Å². The highest BCUT2D eigenvalue weighted by atomic mass is 35.5. The molecule has 1 fully saturated rings. The Bertz CT molecular complexity index is 1040. The summed E-state index contributed by atoms with van der Waals surface area (Å²) in [7, 11) is -3.91. The summed E-state index contributed by atoms with van der Waals surface area (Å²) in [4.78, 5) is 19.0. The predicted molar refractivity (Wildman–Crippen MR) is 117 cm³/mol. The van der Waals surface area contributed by atoms with Crippen molar-refractivity contribution in [3.05, 3.63) is 51.8 Å². The van der Waals surface area contributed by atoms with Crippen molar-refractivity contribution >= 4 is 38.9 Å². The number of pyridine rings is 1. The summed E-state index contributed by atoms with van der Waals surface area (Å²) in [5.41, 5.74) is 0.464. The molecule has 1 aromatic carbocycles. The van der Waals surface area contributed by atoms with E-state index in [4.69, 9.17) is 23.2 Å². The normalized spacial score (nSPS) is 17.2. The number of aromatic nitrogens is 1. The van der Waals surface area contributed by atoms with E-state index in [1.54, 1.807) is 18.2 Å². The zero-order valence-corrected chi connectivity index (χ0v) is 19.0. The van der Waals surface area contributed by atoms with E-state index in [1.165, 1.54) is 6.07 Å². The number of hydrogen-bond acceptors (Lipinski definition) is 5. The molecule has 30 heavy (non-hydrogen) atoms. The third-order valence-corrected chi connectivity index (χ3v) is 7.62. The van der Waals surface area contributed by atoms with Gasteiger partial charge in [-0.1, -0.05) is 42.6 Å². The fraction of sp³-hybridized carbons (Fsp3) is 0.429. The Balaban J connectivity index is 1.85. The number of likely N-dealkylation sites (tertiary alicyclic amines) is 1. The van der Waals surface area contributed by atoms with Gasteiger partial charge in [0.1, 0.15) is 11.4 Å². The predicted octanol–water partition coefficient (Wildman–Crippen LogP) is 4.86. The standard InChI is InChI=1S/C21H24Cl2N2O4S/c1-2-6-15-8-3-4-10-25(15)21(27)18-9-5-7-14(24-18)13-30(28,29)20-12-19(26)16(22)11-17(20)23/h5,7,9,11-12,15,26H,2-4,6,8,10,13H2,1H3. The van der Waals surface area contributed by atoms with Gasteiger partial charge in [-0.2, -0.15) is 0 Å². The van der Waals surface area contributed by atoms with E-state index in [0.29, 0.717) is 6.54 Å². The Kier molecular flexibility index (Phi) is 7.26. The maximum atomic E-state index is 13.1. The lowest BCUT2D eigenvalue weighted by atomic mass is 9.98. The molecule has 1 unspecified atom stereocenters. The van der Waals surface area contributed by atoms with Gasteiger partial charge in [0.25, 0.3) is 5.91 Å². The lowest BCUT2D eigenvalue weighted by Gasteiger charge is -2.35. The molecule has 1 atom stereocenters. The van der Waals surface area contributed by atoms with E-state index in [0.717, 1.165) is 38.2 Å². The summed E-state index contributed by atoms with van der Waals surface area (Å²) in [6, 6.07) is 7.20. The molecular weight excluding hydrogens is 447 g/mol. The average Bonchev–Trinajstić information content (AvgIpc) is 2.70. The molecule has 1 saturated heterocycles. The Labute approximate surface area is 186 Å². The number of piperidine rings is 1. The summed E-state index contributed by atoms with van der Waals surface area (Å²) in [6.45, 7) is 2.79. The van der Waals surface area contributed by atoms with Gasteiger partial charge in [0.05, 0.1) is 26.4 Å². The van der Waals surface area contributed by atoms with Crippen LogP contribution in [0.4, 0.5) is 0 Å². The van der Waals surface area contributed by atoms with Gasteiger partial charge in [0.15, 0.2) is 9.84 Å². The summed E-state index contributed by atoms with van der Waals surface area (Å²) in [5, 5.41) is 9.65. The highest BCUT2D eigenvalue weighted by Gasteiger charge is 2.28. The van der Waals surface area contributed by atoms with Crippen molar-refractivity contribution in [3.63, 3.8) is 0 Å². The number of carbonyl (C=O) groups excluding carboxylic acids is 1. The number of sulfone groups is 1. The first-order valence-corrected chi connectivity index (χ1v) is 12.3. The second-order valence-corrected chi connectivity index (χ2v) is 10.2. The minimum Gasteiger partial charge on any atom is -0.506 e. The van der Waals surface area contributed by atoms with Gasteiger partial charge in [-0.25, -0.2) is 13.4 Å². The SMILES string of the molecule is CCCC1CCCCN1C(=O)c1cccc(CS(=O)(=O)c2cc(O)c(Cl)cc2Cl)n1. The zero-order chi connectivity index (χ0) is 21.9. The van der Waals surface area contributed by atoms with Crippen LogP contribution < -0.4 is 0 Å². The van der Waals surface area contributed by atoms with Gasteiger partial charge in [-0.15, -0.1) is 0 Å². The van der Waals surface area contributed by atoms with Gasteiger partial charge < -0.3 is 10.0 Å². The molecule has 2 heterocycles. The number of phenolic OH excluding ortho intramolecular Hbond substituents is 1. The number of rotatable bonds is 6. The minimum atomic E-state index is -3.91. The number of nitrogens with zero attached hydrogens (tertiary/aromatic N) is 2. The van der Waals surface area contributed by atoms with Crippen molar-refractivity contribution in [2.45, 2.75) is 55.7 Å². The summed E-state index contributed by atoms with van der Waals surface area (Å²) < 4.78 is 25.7. The maximum absolute atomic E-state index is 13.1. The number of aromatic hydroxyl groups is 1. The number of carbonyl (C=O) groups is 1. The number of hydrogen-bond donors (Lipinski definition) is 1. The fourth-order valence-electron chi connectivity index (χ4n) is 3.76. The summed E-state index contributed by atoms with van der Waals surface area (Å²) >= 11 is 11.8. The third kappa shape index (κ3) is 5.07. The first kappa shape index (κ1) is 22.8. The van der Waals surface area contributed by atoms with Crippen LogP contribution in [0.5, 0.6) is 5.75 Å². The van der Waals surface area contributed by atoms with Gasteiger partial charge in [0, 0.05) is 18.7 Å². The largest absolute Gasteiger partial charge is 0.506 e. The third-order valence-electron chi connectivity index (χ3n) is 5.21. The Morgan fingerprint density at radius 1 is 1.23 bits per heavy atom. The highest BCUT2D eigenvalue weighted by molar-refractivity contribution is 7.90. The zero-order valence-electron chi connectivity index (χ0n) is 16.6. The van der Waals surface area contributed by atoms with E-state index >= 15 is 0 Å². The van der Waals surface area contributed by atoms with Crippen molar-refractivity contribution in [1.29, 1.82) is 0 Å². The van der Waals surface area contributed by atoms with Crippen molar-refractivity contribution in [2.75, 3.05) is 6.54 Å². The van der Waals surface area contributed by atoms with Gasteiger partial charge in [-0.05, 0) is 43.9 Å². The van der Waals surface area contributed by atoms with Crippen molar-refractivity contribution in [3.8, 4) is 5.75 Å². The Morgan fingerprint density at radius 3 is 2.73 bits per heavy atom. The van der Waals surface area contributed by atoms with E-state index in [-0.39, 0.29) is 44.0 Å². The molecule has 162 valence electrons. The Hall–Kier alpha value is -1.83. The smallest absolute Gasteiger partial charge is 0.272 e. The second-order valence-electron chi connectivity index (χ2n) is 7.44. The molecule has 2 aromatic rings. The van der Waals surface area contributed by atoms with Crippen LogP contribution in [-0.2, 0) is 15.6 Å². The van der Waals surface area contributed by atoms with Crippen LogP contribution in [0, 0.1) is 0 Å². The molecule has 1 N–H and O–H groups in total. The number of amides is 1. The molecule has 0 radical (unpaired) electrons. The molecule has 0 saturated carbocycles. The summed E-state index contributed by atoms with van der Waals surface area (Å²) in [5.74, 6) is -0.994. The molecule has 1 aromatic heterocycles. The molecular formula is C21H24Cl2N2O4S. The van der Waals surface area contributed by atoms with Crippen LogP contribution in [0.15, 0.2) is 35.2 Å². The summed E-state index contributed by atoms with van der Waals surface area (Å²) in [6.07, 6.45) is 4.98. The monoisotopic (exact) mass is 470 g/mol. The van der Waals surface area contributed by atoms with Gasteiger partial charge in [0.2, 0.25) is 0 Å². The molecule has 0 aliphatic carbocycles. The lowest BCUT2D eigenvalue weighted by molar-refractivity contribution is 0.0594. The van der Waals surface area contributed by atoms with E-state index < -0.39 is 15.6 Å². The average molecular weight is 471 g/mol. The van der Waals surface area contributed by atoms with Crippen molar-refractivity contribution < 1.29 is 18.3 Å². The molecule has 6 nitrogen and oxygen atoms in total. The van der Waals surface area contributed by atoms with E-state index in [9.17, 15) is 18.3 Å². The first-order valence-electron chi connectivity index (χ1n) is 9.90. The lowest BCUT2D eigenvalue weighted by Crippen LogP contribution is -2.44. The van der Waals surface area contributed by atoms with Crippen LogP contribution in [0.3, 0.4) is 0 Å². The number of phenols is 1. The Morgan fingerprint density at radius 2 is 2.00 bits per heavy atom. The van der Waals surface area contributed by atoms with Crippen molar-refractivity contribution in [1.82, 2.24) is 9.88 Å². The van der Waals surface area contributed by atoms with Gasteiger partial charge in [-0.3, -0.25) is 4.79 Å². The molecule has 0 spiro atoms. The van der Waals surface area contributed by atoms with Crippen LogP contribution in [0.25, 0.3) is 0 Å². The number of benzene rings is 1. The minimum absolute atomic E-state index is 0.0344.